The summed E-state index contributed by atoms with van der Waals surface area (Å²) in [4.78, 5) is 26.6. The average molecular weight is 441 g/mol. The van der Waals surface area contributed by atoms with Crippen LogP contribution in [0.1, 0.15) is 17.7 Å². The van der Waals surface area contributed by atoms with Crippen LogP contribution in [0, 0.1) is 6.92 Å². The Balaban J connectivity index is 1.26. The Labute approximate surface area is 190 Å². The quantitative estimate of drug-likeness (QED) is 0.410. The minimum absolute atomic E-state index is 0.129. The van der Waals surface area contributed by atoms with E-state index in [0.29, 0.717) is 36.7 Å². The molecule has 1 aliphatic rings. The summed E-state index contributed by atoms with van der Waals surface area (Å²) in [5.41, 5.74) is 4.61. The molecule has 0 fully saturated rings. The van der Waals surface area contributed by atoms with Crippen molar-refractivity contribution in [1.29, 1.82) is 0 Å². The number of hydrogen-bond donors (Lipinski definition) is 3. The highest BCUT2D eigenvalue weighted by atomic mass is 16.5. The van der Waals surface area contributed by atoms with Gasteiger partial charge in [-0.05, 0) is 48.7 Å². The van der Waals surface area contributed by atoms with Crippen LogP contribution in [-0.2, 0) is 0 Å². The van der Waals surface area contributed by atoms with Crippen molar-refractivity contribution in [2.45, 2.75) is 13.3 Å². The van der Waals surface area contributed by atoms with Gasteiger partial charge in [0.2, 0.25) is 0 Å². The molecular formula is C25H23N5O3. The highest BCUT2D eigenvalue weighted by molar-refractivity contribution is 5.93. The van der Waals surface area contributed by atoms with E-state index in [0.717, 1.165) is 27.9 Å². The van der Waals surface area contributed by atoms with E-state index in [2.05, 4.69) is 26.3 Å². The van der Waals surface area contributed by atoms with E-state index in [1.807, 2.05) is 25.3 Å². The molecule has 2 aromatic heterocycles. The number of hydrogen-bond acceptors (Lipinski definition) is 5. The zero-order valence-electron chi connectivity index (χ0n) is 18.1. The number of carbonyl (C=O) groups excluding carboxylic acids is 1. The Morgan fingerprint density at radius 2 is 1.97 bits per heavy atom. The summed E-state index contributed by atoms with van der Waals surface area (Å²) >= 11 is 0. The number of benzene rings is 2. The van der Waals surface area contributed by atoms with E-state index in [9.17, 15) is 9.90 Å². The molecule has 33 heavy (non-hydrogen) atoms. The number of fused-ring (bicyclic) bond motifs is 1. The number of aromatic amines is 1. The summed E-state index contributed by atoms with van der Waals surface area (Å²) in [6.45, 7) is 3.12. The van der Waals surface area contributed by atoms with Crippen LogP contribution in [0.15, 0.2) is 67.1 Å². The number of phenols is 1. The second-order valence-electron chi connectivity index (χ2n) is 7.90. The van der Waals surface area contributed by atoms with Crippen molar-refractivity contribution in [3.63, 3.8) is 0 Å². The zero-order chi connectivity index (χ0) is 22.8. The number of amides is 2. The number of nitrogens with zero attached hydrogens (tertiary/aromatic N) is 3. The van der Waals surface area contributed by atoms with Crippen molar-refractivity contribution in [2.24, 2.45) is 0 Å². The van der Waals surface area contributed by atoms with Crippen LogP contribution in [0.2, 0.25) is 0 Å². The number of aryl methyl sites for hydroxylation is 1. The van der Waals surface area contributed by atoms with Crippen molar-refractivity contribution >= 4 is 28.3 Å². The summed E-state index contributed by atoms with van der Waals surface area (Å²) in [5, 5.41) is 13.6. The molecule has 4 aromatic rings. The molecule has 0 aliphatic carbocycles. The van der Waals surface area contributed by atoms with Gasteiger partial charge < -0.3 is 25.0 Å². The number of aromatic nitrogens is 3. The van der Waals surface area contributed by atoms with Crippen LogP contribution in [-0.4, -0.2) is 44.1 Å². The highest BCUT2D eigenvalue weighted by Gasteiger charge is 2.21. The molecule has 3 N–H and O–H groups in total. The van der Waals surface area contributed by atoms with Crippen molar-refractivity contribution in [2.75, 3.05) is 18.4 Å². The third-order valence-electron chi connectivity index (χ3n) is 5.61. The van der Waals surface area contributed by atoms with Gasteiger partial charge in [-0.25, -0.2) is 14.8 Å². The topological polar surface area (TPSA) is 103 Å². The SMILES string of the molecule is Cc1c[nH]c2ncnc(C3=CCN(C(=O)Nc4cccc(Oc5cccc(O)c5)c4)CC3)c12. The summed E-state index contributed by atoms with van der Waals surface area (Å²) in [5.74, 6) is 1.21. The van der Waals surface area contributed by atoms with Gasteiger partial charge in [0, 0.05) is 42.5 Å². The molecule has 8 nitrogen and oxygen atoms in total. The molecule has 0 radical (unpaired) electrons. The summed E-state index contributed by atoms with van der Waals surface area (Å²) < 4.78 is 5.78. The van der Waals surface area contributed by atoms with Crippen LogP contribution >= 0.6 is 0 Å². The number of rotatable bonds is 4. The smallest absolute Gasteiger partial charge is 0.322 e. The Hall–Kier alpha value is -4.33. The van der Waals surface area contributed by atoms with Crippen LogP contribution in [0.3, 0.4) is 0 Å². The lowest BCUT2D eigenvalue weighted by Gasteiger charge is -2.26. The fourth-order valence-corrected chi connectivity index (χ4v) is 3.95. The van der Waals surface area contributed by atoms with Crippen molar-refractivity contribution in [3.8, 4) is 17.2 Å². The maximum Gasteiger partial charge on any atom is 0.322 e. The first kappa shape index (κ1) is 20.6. The minimum atomic E-state index is -0.175. The maximum atomic E-state index is 12.8. The Kier molecular flexibility index (Phi) is 5.40. The van der Waals surface area contributed by atoms with Crippen molar-refractivity contribution in [3.05, 3.63) is 78.4 Å². The molecule has 5 rings (SSSR count). The van der Waals surface area contributed by atoms with E-state index < -0.39 is 0 Å². The molecule has 1 aliphatic heterocycles. The molecule has 0 atom stereocenters. The maximum absolute atomic E-state index is 12.8. The molecule has 0 unspecified atom stereocenters. The van der Waals surface area contributed by atoms with Gasteiger partial charge in [-0.2, -0.15) is 0 Å². The number of anilines is 1. The van der Waals surface area contributed by atoms with Crippen molar-refractivity contribution in [1.82, 2.24) is 19.9 Å². The lowest BCUT2D eigenvalue weighted by molar-refractivity contribution is 0.217. The first-order chi connectivity index (χ1) is 16.1. The Morgan fingerprint density at radius 3 is 2.76 bits per heavy atom. The van der Waals surface area contributed by atoms with Gasteiger partial charge in [0.05, 0.1) is 5.69 Å². The van der Waals surface area contributed by atoms with Gasteiger partial charge in [-0.15, -0.1) is 0 Å². The van der Waals surface area contributed by atoms with Gasteiger partial charge in [0.1, 0.15) is 29.2 Å². The van der Waals surface area contributed by atoms with Gasteiger partial charge in [-0.1, -0.05) is 18.2 Å². The molecule has 166 valence electrons. The fraction of sp³-hybridized carbons (Fsp3) is 0.160. The third-order valence-corrected chi connectivity index (χ3v) is 5.61. The molecule has 3 heterocycles. The number of phenolic OH excluding ortho intramolecular Hbond substituents is 1. The number of H-pyrrole nitrogens is 1. The van der Waals surface area contributed by atoms with Crippen LogP contribution in [0.5, 0.6) is 17.2 Å². The lowest BCUT2D eigenvalue weighted by atomic mass is 10.0. The van der Waals surface area contributed by atoms with E-state index in [-0.39, 0.29) is 11.8 Å². The average Bonchev–Trinajstić information content (AvgIpc) is 3.20. The molecular weight excluding hydrogens is 418 g/mol. The summed E-state index contributed by atoms with van der Waals surface area (Å²) in [7, 11) is 0. The van der Waals surface area contributed by atoms with Gasteiger partial charge in [0.15, 0.2) is 0 Å². The zero-order valence-corrected chi connectivity index (χ0v) is 18.1. The predicted molar refractivity (Wildman–Crippen MR) is 126 cm³/mol. The van der Waals surface area contributed by atoms with Crippen LogP contribution in [0.25, 0.3) is 16.6 Å². The summed E-state index contributed by atoms with van der Waals surface area (Å²) in [6.07, 6.45) is 6.27. The van der Waals surface area contributed by atoms with E-state index in [1.165, 1.54) is 6.07 Å². The van der Waals surface area contributed by atoms with E-state index in [4.69, 9.17) is 4.74 Å². The van der Waals surface area contributed by atoms with E-state index >= 15 is 0 Å². The van der Waals surface area contributed by atoms with Gasteiger partial charge >= 0.3 is 6.03 Å². The second-order valence-corrected chi connectivity index (χ2v) is 7.90. The first-order valence-electron chi connectivity index (χ1n) is 10.7. The molecule has 8 heteroatoms. The molecule has 2 amide bonds. The number of carbonyl (C=O) groups is 1. The van der Waals surface area contributed by atoms with Gasteiger partial charge in [-0.3, -0.25) is 0 Å². The molecule has 0 spiro atoms. The summed E-state index contributed by atoms with van der Waals surface area (Å²) in [6, 6.07) is 13.6. The Morgan fingerprint density at radius 1 is 1.15 bits per heavy atom. The monoisotopic (exact) mass is 441 g/mol. The number of aromatic hydroxyl groups is 1. The largest absolute Gasteiger partial charge is 0.508 e. The molecule has 2 aromatic carbocycles. The standard InChI is InChI=1S/C25H23N5O3/c1-16-14-26-24-22(16)23(27-15-28-24)17-8-10-30(11-9-17)25(32)29-18-4-2-6-20(12-18)33-21-7-3-5-19(31)13-21/h2-8,12-15,31H,9-11H2,1H3,(H,29,32)(H,26,27,28). The number of urea groups is 1. The molecule has 0 saturated carbocycles. The van der Waals surface area contributed by atoms with E-state index in [1.54, 1.807) is 41.6 Å². The normalized spacial score (nSPS) is 13.6. The van der Waals surface area contributed by atoms with Crippen molar-refractivity contribution < 1.29 is 14.6 Å². The third kappa shape index (κ3) is 4.36. The number of ether oxygens (including phenoxy) is 1. The Bertz CT molecular complexity index is 1360. The van der Waals surface area contributed by atoms with Crippen LogP contribution < -0.4 is 10.1 Å². The second kappa shape index (κ2) is 8.66. The van der Waals surface area contributed by atoms with Gasteiger partial charge in [0.25, 0.3) is 0 Å². The predicted octanol–water partition coefficient (Wildman–Crippen LogP) is 5.09. The molecule has 0 saturated heterocycles. The molecule has 0 bridgehead atoms. The van der Waals surface area contributed by atoms with Crippen LogP contribution in [0.4, 0.5) is 10.5 Å². The minimum Gasteiger partial charge on any atom is -0.508 e. The fourth-order valence-electron chi connectivity index (χ4n) is 3.95. The first-order valence-corrected chi connectivity index (χ1v) is 10.7. The highest BCUT2D eigenvalue weighted by Crippen LogP contribution is 2.29. The number of nitrogens with one attached hydrogen (secondary N) is 2. The lowest BCUT2D eigenvalue weighted by Crippen LogP contribution is -2.37.